The molecule has 236 valence electrons. The smallest absolute Gasteiger partial charge is 0.268 e. The zero-order valence-corrected chi connectivity index (χ0v) is 23.5. The van der Waals surface area contributed by atoms with Gasteiger partial charge in [0.15, 0.2) is 23.2 Å². The molecule has 1 aromatic heterocycles. The summed E-state index contributed by atoms with van der Waals surface area (Å²) in [5.74, 6) is -13.5. The van der Waals surface area contributed by atoms with E-state index in [1.165, 1.54) is 24.3 Å². The van der Waals surface area contributed by atoms with E-state index in [0.29, 0.717) is 10.9 Å². The summed E-state index contributed by atoms with van der Waals surface area (Å²) < 4.78 is 88.4. The van der Waals surface area contributed by atoms with Crippen molar-refractivity contribution in [3.8, 4) is 5.75 Å². The monoisotopic (exact) mass is 626 g/mol. The van der Waals surface area contributed by atoms with Crippen LogP contribution in [0, 0.1) is 35.0 Å². The maximum absolute atomic E-state index is 14.7. The molecule has 1 fully saturated rings. The molecule has 0 radical (unpaired) electrons. The number of hydrogen-bond donors (Lipinski definition) is 4. The molecule has 3 aromatic rings. The lowest BCUT2D eigenvalue weighted by molar-refractivity contribution is -0.131. The van der Waals surface area contributed by atoms with E-state index in [4.69, 9.17) is 4.74 Å². The minimum absolute atomic E-state index is 0.0456. The maximum atomic E-state index is 14.7. The first kappa shape index (κ1) is 32.4. The third-order valence-corrected chi connectivity index (χ3v) is 6.96. The van der Waals surface area contributed by atoms with Gasteiger partial charge in [0.05, 0.1) is 6.04 Å². The molecule has 0 aliphatic carbocycles. The van der Waals surface area contributed by atoms with Gasteiger partial charge in [0.2, 0.25) is 23.4 Å². The van der Waals surface area contributed by atoms with Crippen LogP contribution in [0.5, 0.6) is 5.75 Å². The van der Waals surface area contributed by atoms with Crippen LogP contribution in [0.2, 0.25) is 0 Å². The molecule has 0 saturated carbocycles. The fourth-order valence-corrected chi connectivity index (χ4v) is 4.78. The standard InChI is InChI=1S/C29H28F6N4O5/c1-29(2,35)11-21(39-27(42)20-9-14-7-15(30)3-4-18(14)37-20)28(43)38-19(8-13-5-6-36-26(13)41)22(40)12-44-25-23(33)16(31)10-17(32)24(25)34/h3-4,7,9-10,13,19,21,37H,5-6,8,11-12H2,1-2H3,(H,36,41)(H,38,43)(H,39,42). The van der Waals surface area contributed by atoms with Crippen LogP contribution in [0.4, 0.5) is 26.3 Å². The number of ether oxygens (including phenoxy) is 1. The second-order valence-corrected chi connectivity index (χ2v) is 11.0. The molecule has 2 aromatic carbocycles. The molecule has 4 N–H and O–H groups in total. The highest BCUT2D eigenvalue weighted by atomic mass is 19.2. The van der Waals surface area contributed by atoms with Crippen molar-refractivity contribution in [2.75, 3.05) is 13.2 Å². The van der Waals surface area contributed by atoms with Crippen LogP contribution < -0.4 is 20.7 Å². The Balaban J connectivity index is 1.54. The van der Waals surface area contributed by atoms with E-state index in [1.807, 2.05) is 0 Å². The predicted octanol–water partition coefficient (Wildman–Crippen LogP) is 3.76. The van der Waals surface area contributed by atoms with Crippen molar-refractivity contribution in [1.29, 1.82) is 0 Å². The maximum Gasteiger partial charge on any atom is 0.268 e. The van der Waals surface area contributed by atoms with Gasteiger partial charge in [0.25, 0.3) is 5.91 Å². The van der Waals surface area contributed by atoms with Crippen molar-refractivity contribution in [3.05, 3.63) is 65.1 Å². The highest BCUT2D eigenvalue weighted by Crippen LogP contribution is 2.27. The summed E-state index contributed by atoms with van der Waals surface area (Å²) in [5.41, 5.74) is -1.67. The Morgan fingerprint density at radius 1 is 1.00 bits per heavy atom. The zero-order chi connectivity index (χ0) is 32.3. The average molecular weight is 627 g/mol. The first-order chi connectivity index (χ1) is 20.6. The van der Waals surface area contributed by atoms with Gasteiger partial charge in [0.1, 0.15) is 29.8 Å². The normalized spacial score (nSPS) is 16.4. The highest BCUT2D eigenvalue weighted by Gasteiger charge is 2.36. The first-order valence-corrected chi connectivity index (χ1v) is 13.5. The summed E-state index contributed by atoms with van der Waals surface area (Å²) in [4.78, 5) is 54.5. The molecule has 3 unspecified atom stereocenters. The minimum atomic E-state index is -2.01. The van der Waals surface area contributed by atoms with Crippen molar-refractivity contribution >= 4 is 34.4 Å². The molecule has 4 rings (SSSR count). The summed E-state index contributed by atoms with van der Waals surface area (Å²) in [6.45, 7) is 1.39. The number of aromatic amines is 1. The Kier molecular flexibility index (Phi) is 9.54. The lowest BCUT2D eigenvalue weighted by atomic mass is 9.94. The fraction of sp³-hybridized carbons (Fsp3) is 0.379. The number of carbonyl (C=O) groups excluding carboxylic acids is 4. The van der Waals surface area contributed by atoms with Gasteiger partial charge in [0, 0.05) is 35.9 Å². The summed E-state index contributed by atoms with van der Waals surface area (Å²) in [7, 11) is 0. The van der Waals surface area contributed by atoms with E-state index in [2.05, 4.69) is 20.9 Å². The number of amides is 3. The third kappa shape index (κ3) is 7.68. The third-order valence-electron chi connectivity index (χ3n) is 6.96. The van der Waals surface area contributed by atoms with Crippen molar-refractivity contribution in [3.63, 3.8) is 0 Å². The number of carbonyl (C=O) groups is 4. The summed E-state index contributed by atoms with van der Waals surface area (Å²) >= 11 is 0. The second-order valence-electron chi connectivity index (χ2n) is 11.0. The second kappa shape index (κ2) is 13.0. The van der Waals surface area contributed by atoms with Gasteiger partial charge in [-0.25, -0.2) is 17.6 Å². The van der Waals surface area contributed by atoms with Gasteiger partial charge < -0.3 is 25.7 Å². The van der Waals surface area contributed by atoms with Crippen LogP contribution in [0.1, 0.15) is 43.6 Å². The molecular weight excluding hydrogens is 598 g/mol. The van der Waals surface area contributed by atoms with Crippen LogP contribution in [-0.4, -0.2) is 59.4 Å². The van der Waals surface area contributed by atoms with Crippen LogP contribution >= 0.6 is 0 Å². The number of fused-ring (bicyclic) bond motifs is 1. The molecule has 1 aliphatic heterocycles. The van der Waals surface area contributed by atoms with Crippen LogP contribution in [0.15, 0.2) is 30.3 Å². The molecule has 9 nitrogen and oxygen atoms in total. The Bertz CT molecular complexity index is 1580. The topological polar surface area (TPSA) is 129 Å². The summed E-state index contributed by atoms with van der Waals surface area (Å²) in [6, 6.07) is 1.87. The molecule has 0 spiro atoms. The number of hydrogen-bond acceptors (Lipinski definition) is 5. The number of nitrogens with one attached hydrogen (secondary N) is 4. The first-order valence-electron chi connectivity index (χ1n) is 13.5. The Labute approximate surface area is 246 Å². The molecule has 3 atom stereocenters. The van der Waals surface area contributed by atoms with Crippen molar-refractivity contribution < 1.29 is 50.3 Å². The molecule has 3 amide bonds. The molecular formula is C29H28F6N4O5. The molecule has 15 heteroatoms. The molecule has 2 heterocycles. The van der Waals surface area contributed by atoms with Crippen molar-refractivity contribution in [2.45, 2.75) is 50.9 Å². The van der Waals surface area contributed by atoms with E-state index in [-0.39, 0.29) is 31.1 Å². The van der Waals surface area contributed by atoms with Crippen LogP contribution in [0.25, 0.3) is 10.9 Å². The number of alkyl halides is 1. The lowest BCUT2D eigenvalue weighted by Crippen LogP contribution is -2.54. The number of H-pyrrole nitrogens is 1. The number of halogens is 6. The molecule has 44 heavy (non-hydrogen) atoms. The SMILES string of the molecule is CC(C)(F)CC(NC(=O)c1cc2cc(F)ccc2[nH]1)C(=O)NC(CC1CCNC1=O)C(=O)COc1c(F)c(F)cc(F)c1F. The molecule has 0 bridgehead atoms. The van der Waals surface area contributed by atoms with E-state index in [0.717, 1.165) is 13.8 Å². The molecule has 1 aliphatic rings. The number of benzene rings is 2. The average Bonchev–Trinajstić information content (AvgIpc) is 3.55. The van der Waals surface area contributed by atoms with Gasteiger partial charge in [-0.1, -0.05) is 0 Å². The quantitative estimate of drug-likeness (QED) is 0.180. The Hall–Kier alpha value is -4.56. The van der Waals surface area contributed by atoms with Gasteiger partial charge in [-0.2, -0.15) is 8.78 Å². The Morgan fingerprint density at radius 3 is 2.30 bits per heavy atom. The number of Topliss-reactive ketones (excluding diaryl/α,β-unsaturated/α-hetero) is 1. The number of aromatic nitrogens is 1. The number of rotatable bonds is 12. The Morgan fingerprint density at radius 2 is 1.68 bits per heavy atom. The largest absolute Gasteiger partial charge is 0.479 e. The van der Waals surface area contributed by atoms with Crippen molar-refractivity contribution in [1.82, 2.24) is 20.9 Å². The van der Waals surface area contributed by atoms with Crippen LogP contribution in [0.3, 0.4) is 0 Å². The van der Waals surface area contributed by atoms with Gasteiger partial charge >= 0.3 is 0 Å². The summed E-state index contributed by atoms with van der Waals surface area (Å²) in [6.07, 6.45) is -0.606. The van der Waals surface area contributed by atoms with Crippen LogP contribution in [-0.2, 0) is 14.4 Å². The van der Waals surface area contributed by atoms with Gasteiger partial charge in [-0.05, 0) is 51.0 Å². The van der Waals surface area contributed by atoms with E-state index < -0.39 is 95.0 Å². The van der Waals surface area contributed by atoms with Gasteiger partial charge in [-0.15, -0.1) is 0 Å². The van der Waals surface area contributed by atoms with Gasteiger partial charge in [-0.3, -0.25) is 19.2 Å². The predicted molar refractivity (Wildman–Crippen MR) is 144 cm³/mol. The minimum Gasteiger partial charge on any atom is -0.479 e. The van der Waals surface area contributed by atoms with E-state index >= 15 is 0 Å². The zero-order valence-electron chi connectivity index (χ0n) is 23.5. The van der Waals surface area contributed by atoms with Crippen molar-refractivity contribution in [2.24, 2.45) is 5.92 Å². The number of ketones is 1. The highest BCUT2D eigenvalue weighted by molar-refractivity contribution is 6.01. The lowest BCUT2D eigenvalue weighted by Gasteiger charge is -2.26. The van der Waals surface area contributed by atoms with E-state index in [9.17, 15) is 45.5 Å². The van der Waals surface area contributed by atoms with E-state index in [1.54, 1.807) is 0 Å². The molecule has 1 saturated heterocycles. The summed E-state index contributed by atoms with van der Waals surface area (Å²) in [5, 5.41) is 7.63. The fourth-order valence-electron chi connectivity index (χ4n) is 4.78.